The van der Waals surface area contributed by atoms with Crippen molar-refractivity contribution in [2.75, 3.05) is 0 Å². The lowest BCUT2D eigenvalue weighted by molar-refractivity contribution is 0.0921. The molecule has 0 saturated carbocycles. The number of phenols is 3. The lowest BCUT2D eigenvalue weighted by Gasteiger charge is -2.19. The maximum Gasteiger partial charge on any atom is 0.343 e. The molecule has 7 heteroatoms. The largest absolute Gasteiger partial charge is 0.507 e. The number of hydrogen-bond acceptors (Lipinski definition) is 7. The number of aryl methyl sites for hydroxylation is 1. The Hall–Kier alpha value is -3.22. The van der Waals surface area contributed by atoms with E-state index in [4.69, 9.17) is 4.42 Å². The molecule has 1 aromatic heterocycles. The Labute approximate surface area is 181 Å². The van der Waals surface area contributed by atoms with Gasteiger partial charge in [0.1, 0.15) is 34.3 Å². The first-order valence-corrected chi connectivity index (χ1v) is 10.2. The van der Waals surface area contributed by atoms with Crippen molar-refractivity contribution >= 4 is 5.78 Å². The Bertz CT molecular complexity index is 1100. The van der Waals surface area contributed by atoms with Gasteiger partial charge in [0.25, 0.3) is 0 Å². The van der Waals surface area contributed by atoms with Gasteiger partial charge in [-0.05, 0) is 40.5 Å². The third-order valence-electron chi connectivity index (χ3n) is 5.65. The predicted molar refractivity (Wildman–Crippen MR) is 117 cm³/mol. The van der Waals surface area contributed by atoms with Crippen LogP contribution in [0.2, 0.25) is 0 Å². The van der Waals surface area contributed by atoms with E-state index in [9.17, 15) is 30.0 Å². The van der Waals surface area contributed by atoms with Crippen LogP contribution in [-0.4, -0.2) is 26.2 Å². The summed E-state index contributed by atoms with van der Waals surface area (Å²) in [4.78, 5) is 25.3. The zero-order valence-corrected chi connectivity index (χ0v) is 18.8. The molecule has 1 unspecified atom stereocenters. The van der Waals surface area contributed by atoms with Crippen molar-refractivity contribution in [3.05, 3.63) is 55.6 Å². The van der Waals surface area contributed by atoms with Crippen molar-refractivity contribution in [2.24, 2.45) is 5.92 Å². The maximum absolute atomic E-state index is 12.9. The Balaban J connectivity index is 2.82. The smallest absolute Gasteiger partial charge is 0.343 e. The van der Waals surface area contributed by atoms with E-state index in [0.717, 1.165) is 5.57 Å². The third kappa shape index (κ3) is 4.60. The molecule has 1 heterocycles. The molecule has 0 radical (unpaired) electrons. The highest BCUT2D eigenvalue weighted by molar-refractivity contribution is 6.03. The fourth-order valence-electron chi connectivity index (χ4n) is 3.25. The lowest BCUT2D eigenvalue weighted by atomic mass is 9.88. The van der Waals surface area contributed by atoms with Gasteiger partial charge in [0.15, 0.2) is 5.78 Å². The first-order chi connectivity index (χ1) is 14.4. The van der Waals surface area contributed by atoms with E-state index < -0.39 is 34.6 Å². The number of hydrogen-bond donors (Lipinski definition) is 4. The molecule has 0 spiro atoms. The molecule has 4 N–H and O–H groups in total. The van der Waals surface area contributed by atoms with Gasteiger partial charge < -0.3 is 24.8 Å². The summed E-state index contributed by atoms with van der Waals surface area (Å²) >= 11 is 0. The van der Waals surface area contributed by atoms with Gasteiger partial charge in [-0.2, -0.15) is 0 Å². The minimum absolute atomic E-state index is 0.0633. The summed E-state index contributed by atoms with van der Waals surface area (Å²) in [5.41, 5.74) is -0.0563. The Morgan fingerprint density at radius 2 is 1.55 bits per heavy atom. The van der Waals surface area contributed by atoms with E-state index in [0.29, 0.717) is 12.0 Å². The van der Waals surface area contributed by atoms with Crippen LogP contribution in [0.5, 0.6) is 23.0 Å². The third-order valence-corrected chi connectivity index (χ3v) is 5.65. The van der Waals surface area contributed by atoms with Gasteiger partial charge in [0.05, 0.1) is 5.56 Å². The van der Waals surface area contributed by atoms with Gasteiger partial charge in [-0.1, -0.05) is 25.5 Å². The topological polar surface area (TPSA) is 128 Å². The summed E-state index contributed by atoms with van der Waals surface area (Å²) < 4.78 is 5.13. The molecule has 7 nitrogen and oxygen atoms in total. The molecular formula is C24H30O7. The first kappa shape index (κ1) is 24.1. The number of carbonyl (C=O) groups is 1. The molecule has 0 aliphatic rings. The quantitative estimate of drug-likeness (QED) is 0.378. The fourth-order valence-corrected chi connectivity index (χ4v) is 3.25. The molecule has 0 fully saturated rings. The number of Topliss-reactive ketones (excluding diaryl/α,β-unsaturated/α-hetero) is 1. The number of ketones is 1. The van der Waals surface area contributed by atoms with Gasteiger partial charge in [0.2, 0.25) is 0 Å². The molecule has 0 aliphatic heterocycles. The van der Waals surface area contributed by atoms with Crippen molar-refractivity contribution in [2.45, 2.75) is 60.8 Å². The zero-order chi connectivity index (χ0) is 23.6. The Morgan fingerprint density at radius 3 is 2.10 bits per heavy atom. The number of allylic oxidation sites excluding steroid dienone is 2. The van der Waals surface area contributed by atoms with Crippen LogP contribution < -0.4 is 5.63 Å². The van der Waals surface area contributed by atoms with Crippen LogP contribution in [0.15, 0.2) is 20.9 Å². The van der Waals surface area contributed by atoms with Crippen molar-refractivity contribution < 1.29 is 29.6 Å². The Morgan fingerprint density at radius 1 is 0.968 bits per heavy atom. The minimum atomic E-state index is -0.812. The molecule has 168 valence electrons. The van der Waals surface area contributed by atoms with Crippen molar-refractivity contribution in [3.63, 3.8) is 0 Å². The highest BCUT2D eigenvalue weighted by atomic mass is 16.4. The van der Waals surface area contributed by atoms with E-state index in [-0.39, 0.29) is 46.6 Å². The van der Waals surface area contributed by atoms with Crippen molar-refractivity contribution in [1.82, 2.24) is 0 Å². The highest BCUT2D eigenvalue weighted by Crippen LogP contribution is 2.45. The molecular weight excluding hydrogens is 400 g/mol. The molecule has 1 atom stereocenters. The second-order valence-corrected chi connectivity index (χ2v) is 8.11. The average Bonchev–Trinajstić information content (AvgIpc) is 2.70. The summed E-state index contributed by atoms with van der Waals surface area (Å²) in [5, 5.41) is 42.9. The SMILES string of the molecule is CCC(C)C(=O)c1c(O)c(CC=C(C)C)c(O)c(Cc2c(O)c(C)c(C)oc2=O)c1O. The molecule has 0 aliphatic carbocycles. The summed E-state index contributed by atoms with van der Waals surface area (Å²) in [5.74, 6) is -2.55. The van der Waals surface area contributed by atoms with Crippen LogP contribution in [0.4, 0.5) is 0 Å². The molecule has 0 bridgehead atoms. The summed E-state index contributed by atoms with van der Waals surface area (Å²) in [6.07, 6.45) is 1.98. The minimum Gasteiger partial charge on any atom is -0.507 e. The van der Waals surface area contributed by atoms with Crippen LogP contribution >= 0.6 is 0 Å². The molecule has 0 saturated heterocycles. The first-order valence-electron chi connectivity index (χ1n) is 10.2. The summed E-state index contributed by atoms with van der Waals surface area (Å²) in [7, 11) is 0. The van der Waals surface area contributed by atoms with Crippen LogP contribution in [0.25, 0.3) is 0 Å². The van der Waals surface area contributed by atoms with Crippen LogP contribution in [-0.2, 0) is 12.8 Å². The van der Waals surface area contributed by atoms with Gasteiger partial charge in [0, 0.05) is 29.0 Å². The van der Waals surface area contributed by atoms with Gasteiger partial charge in [-0.15, -0.1) is 0 Å². The second-order valence-electron chi connectivity index (χ2n) is 8.11. The van der Waals surface area contributed by atoms with Crippen molar-refractivity contribution in [1.29, 1.82) is 0 Å². The lowest BCUT2D eigenvalue weighted by Crippen LogP contribution is -2.14. The second kappa shape index (κ2) is 9.29. The van der Waals surface area contributed by atoms with Crippen molar-refractivity contribution in [3.8, 4) is 23.0 Å². The predicted octanol–water partition coefficient (Wildman–Crippen LogP) is 4.41. The van der Waals surface area contributed by atoms with Gasteiger partial charge in [-0.3, -0.25) is 4.79 Å². The van der Waals surface area contributed by atoms with E-state index in [1.165, 1.54) is 6.92 Å². The monoisotopic (exact) mass is 430 g/mol. The summed E-state index contributed by atoms with van der Waals surface area (Å²) in [6, 6.07) is 0. The highest BCUT2D eigenvalue weighted by Gasteiger charge is 2.30. The summed E-state index contributed by atoms with van der Waals surface area (Å²) in [6.45, 7) is 10.3. The standard InChI is InChI=1S/C24H30O7/c1-7-12(4)19(25)18-22(28)15(9-8-11(2)3)21(27)16(23(18)29)10-17-20(26)13(5)14(6)31-24(17)30/h8,12,26-29H,7,9-10H2,1-6H3. The number of benzene rings is 1. The van der Waals surface area contributed by atoms with Crippen LogP contribution in [0, 0.1) is 19.8 Å². The van der Waals surface area contributed by atoms with Gasteiger partial charge >= 0.3 is 5.63 Å². The number of phenolic OH excluding ortho intramolecular Hbond substituents is 3. The van der Waals surface area contributed by atoms with E-state index >= 15 is 0 Å². The molecule has 1 aromatic carbocycles. The van der Waals surface area contributed by atoms with E-state index in [1.54, 1.807) is 26.8 Å². The van der Waals surface area contributed by atoms with Crippen LogP contribution in [0.3, 0.4) is 0 Å². The van der Waals surface area contributed by atoms with Gasteiger partial charge in [-0.25, -0.2) is 4.79 Å². The van der Waals surface area contributed by atoms with E-state index in [2.05, 4.69) is 0 Å². The maximum atomic E-state index is 12.9. The number of carbonyl (C=O) groups excluding carboxylic acids is 1. The zero-order valence-electron chi connectivity index (χ0n) is 18.8. The molecule has 2 rings (SSSR count). The average molecular weight is 430 g/mol. The van der Waals surface area contributed by atoms with Crippen LogP contribution in [0.1, 0.15) is 72.5 Å². The number of aromatic hydroxyl groups is 4. The molecule has 31 heavy (non-hydrogen) atoms. The fraction of sp³-hybridized carbons (Fsp3) is 0.417. The molecule has 2 aromatic rings. The van der Waals surface area contributed by atoms with E-state index in [1.807, 2.05) is 13.8 Å². The Kier molecular flexibility index (Phi) is 7.21. The number of rotatable bonds is 7. The molecule has 0 amide bonds. The normalized spacial score (nSPS) is 11.9.